The lowest BCUT2D eigenvalue weighted by molar-refractivity contribution is 0.0695. The summed E-state index contributed by atoms with van der Waals surface area (Å²) in [5.74, 6) is -2.51. The van der Waals surface area contributed by atoms with Gasteiger partial charge in [-0.1, -0.05) is 0 Å². The summed E-state index contributed by atoms with van der Waals surface area (Å²) in [6, 6.07) is 6.05. The van der Waals surface area contributed by atoms with Crippen LogP contribution in [-0.2, 0) is 0 Å². The SMILES string of the molecule is NC(=O)c1ccc(N2CCCCC2)c(NC(=O)c2cc(C(=O)O)co2)c1. The van der Waals surface area contributed by atoms with E-state index >= 15 is 0 Å². The first-order chi connectivity index (χ1) is 12.5. The Labute approximate surface area is 149 Å². The number of carboxylic acid groups (broad SMARTS) is 1. The van der Waals surface area contributed by atoms with Crippen molar-refractivity contribution in [1.82, 2.24) is 0 Å². The molecule has 136 valence electrons. The number of nitrogens with two attached hydrogens (primary N) is 1. The average Bonchev–Trinajstić information content (AvgIpc) is 3.13. The number of nitrogens with one attached hydrogen (secondary N) is 1. The third-order valence-electron chi connectivity index (χ3n) is 4.30. The van der Waals surface area contributed by atoms with E-state index in [4.69, 9.17) is 15.3 Å². The first kappa shape index (κ1) is 17.5. The molecule has 0 saturated carbocycles. The molecule has 1 saturated heterocycles. The molecule has 26 heavy (non-hydrogen) atoms. The van der Waals surface area contributed by atoms with Crippen molar-refractivity contribution in [3.05, 3.63) is 47.4 Å². The number of hydrogen-bond donors (Lipinski definition) is 3. The van der Waals surface area contributed by atoms with Crippen molar-refractivity contribution in [2.45, 2.75) is 19.3 Å². The number of carbonyl (C=O) groups is 3. The number of anilines is 2. The maximum absolute atomic E-state index is 12.4. The van der Waals surface area contributed by atoms with E-state index in [2.05, 4.69) is 10.2 Å². The van der Waals surface area contributed by atoms with Crippen molar-refractivity contribution < 1.29 is 23.9 Å². The number of carbonyl (C=O) groups excluding carboxylic acids is 2. The smallest absolute Gasteiger partial charge is 0.338 e. The third kappa shape index (κ3) is 3.69. The minimum Gasteiger partial charge on any atom is -0.478 e. The number of benzene rings is 1. The van der Waals surface area contributed by atoms with Crippen LogP contribution in [0, 0.1) is 0 Å². The van der Waals surface area contributed by atoms with E-state index in [-0.39, 0.29) is 16.9 Å². The number of carboxylic acids is 1. The predicted molar refractivity (Wildman–Crippen MR) is 94.6 cm³/mol. The highest BCUT2D eigenvalue weighted by molar-refractivity contribution is 6.06. The zero-order valence-corrected chi connectivity index (χ0v) is 14.0. The number of rotatable bonds is 5. The van der Waals surface area contributed by atoms with Gasteiger partial charge < -0.3 is 25.5 Å². The molecule has 1 fully saturated rings. The van der Waals surface area contributed by atoms with Crippen LogP contribution in [0.1, 0.15) is 50.5 Å². The number of hydrogen-bond acceptors (Lipinski definition) is 5. The lowest BCUT2D eigenvalue weighted by atomic mass is 10.1. The summed E-state index contributed by atoms with van der Waals surface area (Å²) in [6.07, 6.45) is 4.25. The molecule has 0 radical (unpaired) electrons. The standard InChI is InChI=1S/C18H19N3O5/c19-16(22)11-4-5-14(21-6-2-1-3-7-21)13(8-11)20-17(23)15-9-12(10-26-15)18(24)25/h4-5,8-10H,1-3,6-7H2,(H2,19,22)(H,20,23)(H,24,25). The third-order valence-corrected chi connectivity index (χ3v) is 4.30. The fraction of sp³-hybridized carbons (Fsp3) is 0.278. The Balaban J connectivity index is 1.90. The topological polar surface area (TPSA) is 126 Å². The van der Waals surface area contributed by atoms with Crippen molar-refractivity contribution in [3.63, 3.8) is 0 Å². The largest absolute Gasteiger partial charge is 0.478 e. The van der Waals surface area contributed by atoms with Gasteiger partial charge in [0.15, 0.2) is 5.76 Å². The van der Waals surface area contributed by atoms with Gasteiger partial charge in [-0.3, -0.25) is 9.59 Å². The molecule has 3 rings (SSSR count). The number of aromatic carboxylic acids is 1. The molecule has 8 heteroatoms. The summed E-state index contributed by atoms with van der Waals surface area (Å²) >= 11 is 0. The fourth-order valence-corrected chi connectivity index (χ4v) is 2.95. The molecule has 0 aliphatic carbocycles. The van der Waals surface area contributed by atoms with Crippen LogP contribution in [0.3, 0.4) is 0 Å². The molecule has 0 bridgehead atoms. The van der Waals surface area contributed by atoms with Crippen molar-refractivity contribution in [2.24, 2.45) is 5.73 Å². The number of piperidine rings is 1. The highest BCUT2D eigenvalue weighted by Gasteiger charge is 2.20. The van der Waals surface area contributed by atoms with Gasteiger partial charge in [0, 0.05) is 24.7 Å². The first-order valence-corrected chi connectivity index (χ1v) is 8.27. The van der Waals surface area contributed by atoms with Gasteiger partial charge in [0.25, 0.3) is 5.91 Å². The predicted octanol–water partition coefficient (Wildman–Crippen LogP) is 2.32. The number of amides is 2. The van der Waals surface area contributed by atoms with Crippen LogP contribution in [-0.4, -0.2) is 36.0 Å². The molecule has 1 aromatic heterocycles. The molecule has 1 aromatic carbocycles. The second-order valence-electron chi connectivity index (χ2n) is 6.10. The fourth-order valence-electron chi connectivity index (χ4n) is 2.95. The molecule has 2 heterocycles. The van der Waals surface area contributed by atoms with Crippen LogP contribution in [0.4, 0.5) is 11.4 Å². The highest BCUT2D eigenvalue weighted by Crippen LogP contribution is 2.30. The Hall–Kier alpha value is -3.29. The minimum absolute atomic E-state index is 0.114. The van der Waals surface area contributed by atoms with E-state index in [0.29, 0.717) is 5.69 Å². The average molecular weight is 357 g/mol. The Morgan fingerprint density at radius 2 is 1.81 bits per heavy atom. The molecule has 0 spiro atoms. The Morgan fingerprint density at radius 3 is 2.42 bits per heavy atom. The van der Waals surface area contributed by atoms with E-state index in [1.165, 1.54) is 6.07 Å². The monoisotopic (exact) mass is 357 g/mol. The summed E-state index contributed by atoms with van der Waals surface area (Å²) in [5.41, 5.74) is 6.71. The van der Waals surface area contributed by atoms with Crippen LogP contribution in [0.15, 0.2) is 34.9 Å². The zero-order chi connectivity index (χ0) is 18.7. The molecule has 1 aliphatic rings. The van der Waals surface area contributed by atoms with Gasteiger partial charge in [0.1, 0.15) is 6.26 Å². The lowest BCUT2D eigenvalue weighted by Crippen LogP contribution is -2.30. The summed E-state index contributed by atoms with van der Waals surface area (Å²) in [5, 5.41) is 11.6. The lowest BCUT2D eigenvalue weighted by Gasteiger charge is -2.30. The Bertz CT molecular complexity index is 852. The quantitative estimate of drug-likeness (QED) is 0.754. The molecule has 1 aliphatic heterocycles. The van der Waals surface area contributed by atoms with E-state index in [9.17, 15) is 14.4 Å². The molecule has 2 amide bonds. The van der Waals surface area contributed by atoms with Crippen LogP contribution >= 0.6 is 0 Å². The van der Waals surface area contributed by atoms with Crippen LogP contribution in [0.25, 0.3) is 0 Å². The molecule has 0 unspecified atom stereocenters. The van der Waals surface area contributed by atoms with Gasteiger partial charge in [-0.15, -0.1) is 0 Å². The first-order valence-electron chi connectivity index (χ1n) is 8.27. The van der Waals surface area contributed by atoms with E-state index in [1.54, 1.807) is 12.1 Å². The van der Waals surface area contributed by atoms with Crippen molar-refractivity contribution in [2.75, 3.05) is 23.3 Å². The number of furan rings is 1. The number of primary amides is 1. The van der Waals surface area contributed by atoms with Crippen LogP contribution in [0.2, 0.25) is 0 Å². The van der Waals surface area contributed by atoms with Gasteiger partial charge in [-0.05, 0) is 37.5 Å². The second kappa shape index (κ2) is 7.30. The van der Waals surface area contributed by atoms with E-state index < -0.39 is 17.8 Å². The second-order valence-corrected chi connectivity index (χ2v) is 6.10. The van der Waals surface area contributed by atoms with Crippen LogP contribution < -0.4 is 16.0 Å². The number of nitrogens with zero attached hydrogens (tertiary/aromatic N) is 1. The minimum atomic E-state index is -1.18. The van der Waals surface area contributed by atoms with E-state index in [0.717, 1.165) is 50.4 Å². The summed E-state index contributed by atoms with van der Waals surface area (Å²) in [6.45, 7) is 1.70. The zero-order valence-electron chi connectivity index (χ0n) is 14.0. The van der Waals surface area contributed by atoms with Gasteiger partial charge in [0.05, 0.1) is 16.9 Å². The maximum atomic E-state index is 12.4. The van der Waals surface area contributed by atoms with Crippen LogP contribution in [0.5, 0.6) is 0 Å². The van der Waals surface area contributed by atoms with Gasteiger partial charge in [0.2, 0.25) is 5.91 Å². The Morgan fingerprint density at radius 1 is 1.08 bits per heavy atom. The van der Waals surface area contributed by atoms with Gasteiger partial charge in [-0.2, -0.15) is 0 Å². The molecular weight excluding hydrogens is 338 g/mol. The van der Waals surface area contributed by atoms with E-state index in [1.807, 2.05) is 0 Å². The molecule has 0 atom stereocenters. The summed E-state index contributed by atoms with van der Waals surface area (Å²) in [7, 11) is 0. The van der Waals surface area contributed by atoms with Gasteiger partial charge >= 0.3 is 5.97 Å². The van der Waals surface area contributed by atoms with Crippen molar-refractivity contribution in [3.8, 4) is 0 Å². The summed E-state index contributed by atoms with van der Waals surface area (Å²) in [4.78, 5) is 37.0. The van der Waals surface area contributed by atoms with Crippen molar-refractivity contribution >= 4 is 29.2 Å². The Kier molecular flexibility index (Phi) is 4.92. The maximum Gasteiger partial charge on any atom is 0.338 e. The summed E-state index contributed by atoms with van der Waals surface area (Å²) < 4.78 is 5.02. The van der Waals surface area contributed by atoms with Gasteiger partial charge in [-0.25, -0.2) is 4.79 Å². The molecule has 2 aromatic rings. The molecule has 4 N–H and O–H groups in total. The molecule has 8 nitrogen and oxygen atoms in total. The highest BCUT2D eigenvalue weighted by atomic mass is 16.4. The van der Waals surface area contributed by atoms with Crippen molar-refractivity contribution in [1.29, 1.82) is 0 Å². The molecular formula is C18H19N3O5. The normalized spacial score (nSPS) is 14.1.